The molecule has 2 aromatic rings. The van der Waals surface area contributed by atoms with Gasteiger partial charge in [-0.15, -0.1) is 0 Å². The largest absolute Gasteiger partial charge is 0.395 e. The Bertz CT molecular complexity index is 587. The Morgan fingerprint density at radius 1 is 1.47 bits per heavy atom. The third-order valence-electron chi connectivity index (χ3n) is 3.31. The number of aromatic amines is 1. The lowest BCUT2D eigenvalue weighted by molar-refractivity contribution is 0.295. The van der Waals surface area contributed by atoms with Gasteiger partial charge in [0.05, 0.1) is 6.61 Å². The van der Waals surface area contributed by atoms with Crippen LogP contribution in [0.5, 0.6) is 0 Å². The number of aliphatic hydroxyl groups is 1. The third kappa shape index (κ3) is 2.60. The molecule has 0 spiro atoms. The van der Waals surface area contributed by atoms with Crippen molar-refractivity contribution in [3.05, 3.63) is 22.9 Å². The third-order valence-corrected chi connectivity index (χ3v) is 3.31. The van der Waals surface area contributed by atoms with Gasteiger partial charge in [-0.05, 0) is 12.8 Å². The molecule has 0 aromatic carbocycles. The highest BCUT2D eigenvalue weighted by Crippen LogP contribution is 2.18. The van der Waals surface area contributed by atoms with E-state index in [-0.39, 0.29) is 12.3 Å². The van der Waals surface area contributed by atoms with E-state index in [1.807, 2.05) is 0 Å². The zero-order valence-electron chi connectivity index (χ0n) is 11.2. The summed E-state index contributed by atoms with van der Waals surface area (Å²) in [5, 5.41) is 15.5. The Hall–Kier alpha value is -1.89. The molecule has 104 valence electrons. The average molecular weight is 265 g/mol. The van der Waals surface area contributed by atoms with Gasteiger partial charge in [0.15, 0.2) is 5.65 Å². The quantitative estimate of drug-likeness (QED) is 0.789. The van der Waals surface area contributed by atoms with Gasteiger partial charge in [-0.1, -0.05) is 13.8 Å². The van der Waals surface area contributed by atoms with E-state index in [1.54, 1.807) is 6.07 Å². The van der Waals surface area contributed by atoms with Crippen molar-refractivity contribution in [2.45, 2.75) is 32.7 Å². The highest BCUT2D eigenvalue weighted by Gasteiger charge is 2.17. The summed E-state index contributed by atoms with van der Waals surface area (Å²) in [5.74, 6) is 0.731. The molecule has 0 unspecified atom stereocenters. The molecule has 0 aliphatic heterocycles. The number of hydrogen-bond donors (Lipinski definition) is 2. The molecule has 0 radical (unpaired) electrons. The average Bonchev–Trinajstić information content (AvgIpc) is 2.80. The molecule has 7 heteroatoms. The van der Waals surface area contributed by atoms with Crippen molar-refractivity contribution in [2.75, 3.05) is 18.1 Å². The summed E-state index contributed by atoms with van der Waals surface area (Å²) in [6.07, 6.45) is 3.40. The second kappa shape index (κ2) is 5.83. The van der Waals surface area contributed by atoms with Crippen LogP contribution < -0.4 is 10.6 Å². The normalized spacial score (nSPS) is 11.4. The second-order valence-electron chi connectivity index (χ2n) is 4.39. The highest BCUT2D eigenvalue weighted by molar-refractivity contribution is 5.50. The lowest BCUT2D eigenvalue weighted by Gasteiger charge is -2.30. The maximum atomic E-state index is 11.4. The zero-order valence-corrected chi connectivity index (χ0v) is 11.2. The first-order chi connectivity index (χ1) is 9.21. The summed E-state index contributed by atoms with van der Waals surface area (Å²) in [5.41, 5.74) is 0.231. The first-order valence-corrected chi connectivity index (χ1v) is 6.51. The Balaban J connectivity index is 2.40. The van der Waals surface area contributed by atoms with Gasteiger partial charge >= 0.3 is 5.69 Å². The molecule has 2 N–H and O–H groups in total. The molecule has 7 nitrogen and oxygen atoms in total. The van der Waals surface area contributed by atoms with Crippen LogP contribution in [0.4, 0.5) is 5.82 Å². The molecule has 0 amide bonds. The fraction of sp³-hybridized carbons (Fsp3) is 0.583. The van der Waals surface area contributed by atoms with Crippen molar-refractivity contribution < 1.29 is 5.11 Å². The second-order valence-corrected chi connectivity index (χ2v) is 4.39. The van der Waals surface area contributed by atoms with Crippen LogP contribution >= 0.6 is 0 Å². The van der Waals surface area contributed by atoms with E-state index >= 15 is 0 Å². The minimum atomic E-state index is -0.301. The molecule has 0 fully saturated rings. The molecule has 19 heavy (non-hydrogen) atoms. The van der Waals surface area contributed by atoms with Gasteiger partial charge < -0.3 is 10.0 Å². The number of H-pyrrole nitrogens is 1. The molecule has 2 aromatic heterocycles. The lowest BCUT2D eigenvalue weighted by atomic mass is 10.1. The summed E-state index contributed by atoms with van der Waals surface area (Å²) >= 11 is 0. The number of aromatic nitrogens is 4. The number of rotatable bonds is 6. The standard InChI is InChI=1S/C12H19N5O2/c1-3-9(4-2)16(5-6-18)10-7-11-14-15-12(19)17(11)8-13-10/h7-9,18H,3-6H2,1-2H3,(H,15,19). The van der Waals surface area contributed by atoms with Crippen LogP contribution in [0.15, 0.2) is 17.2 Å². The van der Waals surface area contributed by atoms with Crippen LogP contribution in [0.2, 0.25) is 0 Å². The van der Waals surface area contributed by atoms with E-state index in [2.05, 4.69) is 33.9 Å². The van der Waals surface area contributed by atoms with Crippen molar-refractivity contribution in [1.29, 1.82) is 0 Å². The van der Waals surface area contributed by atoms with Crippen LogP contribution in [0.3, 0.4) is 0 Å². The Morgan fingerprint density at radius 2 is 2.21 bits per heavy atom. The SMILES string of the molecule is CCC(CC)N(CCO)c1cc2n[nH]c(=O)n2cn1. The van der Waals surface area contributed by atoms with Gasteiger partial charge in [0.2, 0.25) is 0 Å². The molecule has 0 saturated carbocycles. The number of anilines is 1. The van der Waals surface area contributed by atoms with Crippen molar-refractivity contribution in [2.24, 2.45) is 0 Å². The summed E-state index contributed by atoms with van der Waals surface area (Å²) < 4.78 is 1.35. The maximum Gasteiger partial charge on any atom is 0.348 e. The topological polar surface area (TPSA) is 86.5 Å². The minimum Gasteiger partial charge on any atom is -0.395 e. The van der Waals surface area contributed by atoms with Crippen molar-refractivity contribution in [3.8, 4) is 0 Å². The van der Waals surface area contributed by atoms with Gasteiger partial charge in [-0.25, -0.2) is 19.3 Å². The molecular weight excluding hydrogens is 246 g/mol. The van der Waals surface area contributed by atoms with Crippen LogP contribution in [0.1, 0.15) is 26.7 Å². The smallest absolute Gasteiger partial charge is 0.348 e. The first-order valence-electron chi connectivity index (χ1n) is 6.51. The van der Waals surface area contributed by atoms with Crippen LogP contribution in [0, 0.1) is 0 Å². The fourth-order valence-corrected chi connectivity index (χ4v) is 2.28. The van der Waals surface area contributed by atoms with Gasteiger partial charge in [0.25, 0.3) is 0 Å². The summed E-state index contributed by atoms with van der Waals surface area (Å²) in [4.78, 5) is 17.7. The summed E-state index contributed by atoms with van der Waals surface area (Å²) in [7, 11) is 0. The number of fused-ring (bicyclic) bond motifs is 1. The zero-order chi connectivity index (χ0) is 13.8. The van der Waals surface area contributed by atoms with Gasteiger partial charge in [0.1, 0.15) is 12.1 Å². The van der Waals surface area contributed by atoms with Crippen LogP contribution in [0.25, 0.3) is 5.65 Å². The molecule has 2 heterocycles. The Morgan fingerprint density at radius 3 is 2.84 bits per heavy atom. The number of aliphatic hydroxyl groups excluding tert-OH is 1. The molecule has 0 aliphatic rings. The molecule has 0 bridgehead atoms. The van der Waals surface area contributed by atoms with Gasteiger partial charge in [-0.3, -0.25) is 0 Å². The van der Waals surface area contributed by atoms with E-state index in [4.69, 9.17) is 0 Å². The Kier molecular flexibility index (Phi) is 4.16. The van der Waals surface area contributed by atoms with Crippen LogP contribution in [-0.2, 0) is 0 Å². The summed E-state index contributed by atoms with van der Waals surface area (Å²) in [6, 6.07) is 2.07. The molecule has 0 saturated heterocycles. The number of hydrogen-bond acceptors (Lipinski definition) is 5. The van der Waals surface area contributed by atoms with Gasteiger partial charge in [-0.2, -0.15) is 5.10 Å². The molecule has 0 atom stereocenters. The monoisotopic (exact) mass is 265 g/mol. The van der Waals surface area contributed by atoms with Crippen molar-refractivity contribution in [1.82, 2.24) is 19.6 Å². The van der Waals surface area contributed by atoms with E-state index < -0.39 is 0 Å². The number of nitrogens with one attached hydrogen (secondary N) is 1. The highest BCUT2D eigenvalue weighted by atomic mass is 16.3. The summed E-state index contributed by atoms with van der Waals surface area (Å²) in [6.45, 7) is 4.80. The number of nitrogens with zero attached hydrogens (tertiary/aromatic N) is 4. The van der Waals surface area contributed by atoms with Crippen molar-refractivity contribution >= 4 is 11.5 Å². The van der Waals surface area contributed by atoms with E-state index in [0.717, 1.165) is 18.7 Å². The van der Waals surface area contributed by atoms with E-state index in [0.29, 0.717) is 18.2 Å². The van der Waals surface area contributed by atoms with Crippen molar-refractivity contribution in [3.63, 3.8) is 0 Å². The predicted molar refractivity (Wildman–Crippen MR) is 72.4 cm³/mol. The minimum absolute atomic E-state index is 0.0662. The maximum absolute atomic E-state index is 11.4. The molecular formula is C12H19N5O2. The molecule has 2 rings (SSSR count). The fourth-order valence-electron chi connectivity index (χ4n) is 2.28. The van der Waals surface area contributed by atoms with Crippen LogP contribution in [-0.4, -0.2) is 43.9 Å². The van der Waals surface area contributed by atoms with E-state index in [1.165, 1.54) is 10.7 Å². The first kappa shape index (κ1) is 13.5. The Labute approximate surface area is 110 Å². The van der Waals surface area contributed by atoms with E-state index in [9.17, 15) is 9.90 Å². The molecule has 0 aliphatic carbocycles. The lowest BCUT2D eigenvalue weighted by Crippen LogP contribution is -2.37. The predicted octanol–water partition coefficient (Wildman–Crippen LogP) is 0.405. The van der Waals surface area contributed by atoms with Gasteiger partial charge in [0, 0.05) is 18.7 Å².